The van der Waals surface area contributed by atoms with Crippen LogP contribution in [0.3, 0.4) is 0 Å². The maximum atomic E-state index is 11.7. The van der Waals surface area contributed by atoms with Gasteiger partial charge in [-0.2, -0.15) is 13.2 Å². The van der Waals surface area contributed by atoms with E-state index in [0.29, 0.717) is 5.69 Å². The number of halogens is 3. The number of urea groups is 1. The molecule has 0 aromatic heterocycles. The van der Waals surface area contributed by atoms with E-state index in [4.69, 9.17) is 0 Å². The number of hydrogen-bond donors (Lipinski definition) is 2. The zero-order valence-corrected chi connectivity index (χ0v) is 7.85. The summed E-state index contributed by atoms with van der Waals surface area (Å²) in [5, 5.41) is 2.89. The van der Waals surface area contributed by atoms with Gasteiger partial charge in [0.25, 0.3) is 0 Å². The summed E-state index contributed by atoms with van der Waals surface area (Å²) in [6.07, 6.45) is -4.71. The standard InChI is InChI=1S/C9H9F3N2O/c1-6-2-4-7(5-3-6)13-8(15)14-9(10,11)12/h2-5H,1H3,(H2,13,14,15). The van der Waals surface area contributed by atoms with E-state index in [0.717, 1.165) is 10.9 Å². The van der Waals surface area contributed by atoms with E-state index in [1.54, 1.807) is 12.1 Å². The second-order valence-electron chi connectivity index (χ2n) is 2.94. The molecule has 0 spiro atoms. The Bertz CT molecular complexity index is 345. The Morgan fingerprint density at radius 1 is 1.20 bits per heavy atom. The molecule has 1 aromatic carbocycles. The molecule has 0 saturated carbocycles. The van der Waals surface area contributed by atoms with Gasteiger partial charge in [-0.15, -0.1) is 0 Å². The van der Waals surface area contributed by atoms with Gasteiger partial charge in [-0.3, -0.25) is 0 Å². The number of nitrogens with one attached hydrogen (secondary N) is 2. The molecule has 0 radical (unpaired) electrons. The van der Waals surface area contributed by atoms with Crippen LogP contribution in [0.4, 0.5) is 23.7 Å². The zero-order chi connectivity index (χ0) is 11.5. The molecule has 0 heterocycles. The van der Waals surface area contributed by atoms with Crippen LogP contribution in [0.25, 0.3) is 0 Å². The lowest BCUT2D eigenvalue weighted by Crippen LogP contribution is -2.40. The summed E-state index contributed by atoms with van der Waals surface area (Å²) in [5.41, 5.74) is 1.26. The van der Waals surface area contributed by atoms with Gasteiger partial charge in [0.05, 0.1) is 0 Å². The summed E-state index contributed by atoms with van der Waals surface area (Å²) >= 11 is 0. The lowest BCUT2D eigenvalue weighted by molar-refractivity contribution is -0.144. The molecule has 0 bridgehead atoms. The zero-order valence-electron chi connectivity index (χ0n) is 7.85. The summed E-state index contributed by atoms with van der Waals surface area (Å²) in [6.45, 7) is 1.83. The normalized spacial score (nSPS) is 10.9. The smallest absolute Gasteiger partial charge is 0.308 e. The first kappa shape index (κ1) is 11.4. The van der Waals surface area contributed by atoms with Crippen LogP contribution < -0.4 is 10.6 Å². The highest BCUT2D eigenvalue weighted by Crippen LogP contribution is 2.11. The minimum absolute atomic E-state index is 0.308. The largest absolute Gasteiger partial charge is 0.485 e. The van der Waals surface area contributed by atoms with Crippen LogP contribution in [0.2, 0.25) is 0 Å². The number of alkyl halides is 3. The van der Waals surface area contributed by atoms with Crippen LogP contribution >= 0.6 is 0 Å². The van der Waals surface area contributed by atoms with E-state index >= 15 is 0 Å². The molecule has 0 fully saturated rings. The van der Waals surface area contributed by atoms with Crippen LogP contribution in [0, 0.1) is 6.92 Å². The average molecular weight is 218 g/mol. The fraction of sp³-hybridized carbons (Fsp3) is 0.222. The second kappa shape index (κ2) is 4.20. The summed E-state index contributed by atoms with van der Waals surface area (Å²) in [6, 6.07) is 5.11. The van der Waals surface area contributed by atoms with E-state index in [1.807, 2.05) is 6.92 Å². The molecule has 0 atom stereocenters. The van der Waals surface area contributed by atoms with Gasteiger partial charge in [0.1, 0.15) is 0 Å². The van der Waals surface area contributed by atoms with Crippen molar-refractivity contribution in [1.29, 1.82) is 0 Å². The van der Waals surface area contributed by atoms with Gasteiger partial charge in [-0.1, -0.05) is 17.7 Å². The number of aryl methyl sites for hydroxylation is 1. The average Bonchev–Trinajstić information content (AvgIpc) is 2.05. The Hall–Kier alpha value is -1.72. The molecule has 0 aliphatic carbocycles. The molecule has 2 amide bonds. The van der Waals surface area contributed by atoms with Crippen LogP contribution in [-0.2, 0) is 0 Å². The quantitative estimate of drug-likeness (QED) is 0.699. The van der Waals surface area contributed by atoms with Gasteiger partial charge in [0.15, 0.2) is 0 Å². The molecule has 15 heavy (non-hydrogen) atoms. The second-order valence-corrected chi connectivity index (χ2v) is 2.94. The third-order valence-corrected chi connectivity index (χ3v) is 1.56. The van der Waals surface area contributed by atoms with Crippen molar-refractivity contribution in [1.82, 2.24) is 5.32 Å². The Labute approximate surface area is 84.3 Å². The summed E-state index contributed by atoms with van der Waals surface area (Å²) in [7, 11) is 0. The Balaban J connectivity index is 2.55. The number of benzene rings is 1. The van der Waals surface area contributed by atoms with Crippen molar-refractivity contribution < 1.29 is 18.0 Å². The van der Waals surface area contributed by atoms with Crippen LogP contribution in [0.15, 0.2) is 24.3 Å². The fourth-order valence-corrected chi connectivity index (χ4v) is 0.928. The van der Waals surface area contributed by atoms with Crippen molar-refractivity contribution in [2.45, 2.75) is 13.2 Å². The lowest BCUT2D eigenvalue weighted by Gasteiger charge is -2.09. The number of hydrogen-bond acceptors (Lipinski definition) is 1. The first-order chi connectivity index (χ1) is 6.87. The third kappa shape index (κ3) is 4.35. The van der Waals surface area contributed by atoms with E-state index in [2.05, 4.69) is 5.32 Å². The van der Waals surface area contributed by atoms with Gasteiger partial charge in [0, 0.05) is 5.69 Å². The van der Waals surface area contributed by atoms with Crippen molar-refractivity contribution in [3.05, 3.63) is 29.8 Å². The van der Waals surface area contributed by atoms with Crippen molar-refractivity contribution >= 4 is 11.7 Å². The van der Waals surface area contributed by atoms with Crippen LogP contribution in [0.5, 0.6) is 0 Å². The van der Waals surface area contributed by atoms with E-state index in [1.165, 1.54) is 12.1 Å². The van der Waals surface area contributed by atoms with Gasteiger partial charge in [0.2, 0.25) is 0 Å². The molecule has 0 saturated heterocycles. The highest BCUT2D eigenvalue weighted by molar-refractivity contribution is 5.89. The molecule has 82 valence electrons. The Morgan fingerprint density at radius 3 is 2.20 bits per heavy atom. The predicted molar refractivity (Wildman–Crippen MR) is 49.4 cm³/mol. The highest BCUT2D eigenvalue weighted by Gasteiger charge is 2.29. The van der Waals surface area contributed by atoms with Gasteiger partial charge < -0.3 is 5.32 Å². The van der Waals surface area contributed by atoms with Gasteiger partial charge in [-0.05, 0) is 19.1 Å². The van der Waals surface area contributed by atoms with Crippen LogP contribution in [0.1, 0.15) is 5.56 Å². The number of carbonyl (C=O) groups is 1. The highest BCUT2D eigenvalue weighted by atomic mass is 19.4. The van der Waals surface area contributed by atoms with Gasteiger partial charge >= 0.3 is 12.3 Å². The monoisotopic (exact) mass is 218 g/mol. The first-order valence-corrected chi connectivity index (χ1v) is 4.09. The molecule has 1 rings (SSSR count). The Morgan fingerprint density at radius 2 is 1.73 bits per heavy atom. The minimum atomic E-state index is -4.71. The van der Waals surface area contributed by atoms with E-state index < -0.39 is 12.3 Å². The summed E-state index contributed by atoms with van der Waals surface area (Å²) in [5.74, 6) is 0. The van der Waals surface area contributed by atoms with Crippen molar-refractivity contribution in [2.75, 3.05) is 5.32 Å². The summed E-state index contributed by atoms with van der Waals surface area (Å²) in [4.78, 5) is 10.8. The number of anilines is 1. The minimum Gasteiger partial charge on any atom is -0.308 e. The fourth-order valence-electron chi connectivity index (χ4n) is 0.928. The molecule has 0 aliphatic heterocycles. The molecule has 0 aliphatic rings. The van der Waals surface area contributed by atoms with Crippen molar-refractivity contribution in [3.8, 4) is 0 Å². The molecule has 0 unspecified atom stereocenters. The maximum absolute atomic E-state index is 11.7. The molecule has 2 N–H and O–H groups in total. The first-order valence-electron chi connectivity index (χ1n) is 4.09. The van der Waals surface area contributed by atoms with E-state index in [-0.39, 0.29) is 0 Å². The van der Waals surface area contributed by atoms with Crippen molar-refractivity contribution in [2.24, 2.45) is 0 Å². The SMILES string of the molecule is Cc1ccc(NC(=O)NC(F)(F)F)cc1. The molecule has 3 nitrogen and oxygen atoms in total. The number of amides is 2. The van der Waals surface area contributed by atoms with Crippen LogP contribution in [-0.4, -0.2) is 12.3 Å². The topological polar surface area (TPSA) is 41.1 Å². The predicted octanol–water partition coefficient (Wildman–Crippen LogP) is 2.64. The van der Waals surface area contributed by atoms with Crippen molar-refractivity contribution in [3.63, 3.8) is 0 Å². The van der Waals surface area contributed by atoms with E-state index in [9.17, 15) is 18.0 Å². The summed E-state index contributed by atoms with van der Waals surface area (Å²) < 4.78 is 35.1. The molecular formula is C9H9F3N2O. The number of rotatable bonds is 1. The maximum Gasteiger partial charge on any atom is 0.485 e. The molecular weight excluding hydrogens is 209 g/mol. The third-order valence-electron chi connectivity index (χ3n) is 1.56. The number of carbonyl (C=O) groups excluding carboxylic acids is 1. The lowest BCUT2D eigenvalue weighted by atomic mass is 10.2. The molecule has 1 aromatic rings. The van der Waals surface area contributed by atoms with Gasteiger partial charge in [-0.25, -0.2) is 10.1 Å². The molecule has 6 heteroatoms. The Kier molecular flexibility index (Phi) is 3.18.